The van der Waals surface area contributed by atoms with Crippen molar-refractivity contribution in [3.63, 3.8) is 0 Å². The van der Waals surface area contributed by atoms with Gasteiger partial charge in [-0.1, -0.05) is 35.4 Å². The van der Waals surface area contributed by atoms with Gasteiger partial charge < -0.3 is 0 Å². The first-order chi connectivity index (χ1) is 12.5. The summed E-state index contributed by atoms with van der Waals surface area (Å²) in [5.74, 6) is 0. The summed E-state index contributed by atoms with van der Waals surface area (Å²) in [5, 5.41) is 0. The van der Waals surface area contributed by atoms with E-state index in [1.165, 1.54) is 0 Å². The molecule has 0 heterocycles. The molecule has 0 unspecified atom stereocenters. The molecule has 0 aromatic heterocycles. The van der Waals surface area contributed by atoms with Gasteiger partial charge in [-0.3, -0.25) is 0 Å². The van der Waals surface area contributed by atoms with E-state index >= 15 is 0 Å². The highest BCUT2D eigenvalue weighted by atomic mass is 32.2. The third kappa shape index (κ3) is 6.14. The largest absolute Gasteiger partial charge is 0.240 e. The topological polar surface area (TPSA) is 92.3 Å². The van der Waals surface area contributed by atoms with Gasteiger partial charge in [-0.15, -0.1) is 0 Å². The summed E-state index contributed by atoms with van der Waals surface area (Å²) >= 11 is 0. The average Bonchev–Trinajstić information content (AvgIpc) is 2.54. The zero-order valence-corrected chi connectivity index (χ0v) is 17.6. The molecule has 0 radical (unpaired) electrons. The van der Waals surface area contributed by atoms with E-state index in [1.54, 1.807) is 62.4 Å². The van der Waals surface area contributed by atoms with Gasteiger partial charge in [0.25, 0.3) is 0 Å². The van der Waals surface area contributed by atoms with Crippen molar-refractivity contribution in [2.45, 2.75) is 56.0 Å². The molecule has 2 aromatic rings. The fourth-order valence-corrected chi connectivity index (χ4v) is 5.24. The summed E-state index contributed by atoms with van der Waals surface area (Å²) in [6.45, 7) is 7.19. The molecule has 0 amide bonds. The lowest BCUT2D eigenvalue weighted by Crippen LogP contribution is -2.40. The lowest BCUT2D eigenvalue weighted by molar-refractivity contribution is 0.492. The fraction of sp³-hybridized carbons (Fsp3) is 0.368. The Labute approximate surface area is 162 Å². The number of nitrogens with one attached hydrogen (secondary N) is 2. The molecule has 0 bridgehead atoms. The Morgan fingerprint density at radius 3 is 1.26 bits per heavy atom. The second kappa shape index (κ2) is 8.52. The van der Waals surface area contributed by atoms with Gasteiger partial charge in [0.05, 0.1) is 9.79 Å². The van der Waals surface area contributed by atoms with Crippen LogP contribution in [0, 0.1) is 13.8 Å². The van der Waals surface area contributed by atoms with Crippen molar-refractivity contribution in [1.29, 1.82) is 0 Å². The minimum absolute atomic E-state index is 0.188. The van der Waals surface area contributed by atoms with Crippen LogP contribution in [-0.4, -0.2) is 28.9 Å². The highest BCUT2D eigenvalue weighted by Gasteiger charge is 2.22. The molecule has 0 saturated heterocycles. The zero-order chi connectivity index (χ0) is 20.2. The maximum atomic E-state index is 12.4. The van der Waals surface area contributed by atoms with E-state index in [4.69, 9.17) is 0 Å². The normalized spacial score (nSPS) is 14.7. The lowest BCUT2D eigenvalue weighted by Gasteiger charge is -2.20. The standard InChI is InChI=1S/C19H26N2O4S2/c1-14-5-9-18(10-6-14)26(22,23)20-16(3)13-17(4)21-27(24,25)19-11-7-15(2)8-12-19/h5-12,16-17,20-21H,13H2,1-4H3/t16-,17-/m1/s1. The highest BCUT2D eigenvalue weighted by Crippen LogP contribution is 2.14. The van der Waals surface area contributed by atoms with Crippen molar-refractivity contribution < 1.29 is 16.8 Å². The Balaban J connectivity index is 1.99. The van der Waals surface area contributed by atoms with E-state index in [0.29, 0.717) is 6.42 Å². The maximum Gasteiger partial charge on any atom is 0.240 e. The van der Waals surface area contributed by atoms with E-state index < -0.39 is 32.1 Å². The van der Waals surface area contributed by atoms with E-state index in [9.17, 15) is 16.8 Å². The first kappa shape index (κ1) is 21.6. The van der Waals surface area contributed by atoms with E-state index in [1.807, 2.05) is 13.8 Å². The van der Waals surface area contributed by atoms with Crippen LogP contribution < -0.4 is 9.44 Å². The first-order valence-electron chi connectivity index (χ1n) is 8.67. The number of hydrogen-bond donors (Lipinski definition) is 2. The minimum atomic E-state index is -3.65. The second-order valence-corrected chi connectivity index (χ2v) is 10.3. The van der Waals surface area contributed by atoms with Gasteiger partial charge in [0.1, 0.15) is 0 Å². The van der Waals surface area contributed by atoms with Crippen LogP contribution in [0.3, 0.4) is 0 Å². The van der Waals surface area contributed by atoms with Gasteiger partial charge >= 0.3 is 0 Å². The molecule has 6 nitrogen and oxygen atoms in total. The summed E-state index contributed by atoms with van der Waals surface area (Å²) < 4.78 is 54.9. The quantitative estimate of drug-likeness (QED) is 0.700. The smallest absolute Gasteiger partial charge is 0.208 e. The Bertz CT molecular complexity index is 886. The number of sulfonamides is 2. The van der Waals surface area contributed by atoms with Gasteiger partial charge in [-0.2, -0.15) is 0 Å². The molecule has 0 aliphatic heterocycles. The lowest BCUT2D eigenvalue weighted by atomic mass is 10.1. The number of benzene rings is 2. The van der Waals surface area contributed by atoms with Crippen LogP contribution in [0.1, 0.15) is 31.4 Å². The Hall–Kier alpha value is -1.74. The van der Waals surface area contributed by atoms with Crippen LogP contribution in [0.4, 0.5) is 0 Å². The summed E-state index contributed by atoms with van der Waals surface area (Å²) in [7, 11) is -7.30. The molecular weight excluding hydrogens is 384 g/mol. The first-order valence-corrected chi connectivity index (χ1v) is 11.6. The van der Waals surface area contributed by atoms with Crippen LogP contribution in [-0.2, 0) is 20.0 Å². The SMILES string of the molecule is Cc1ccc(S(=O)(=O)N[C@H](C)C[C@@H](C)NS(=O)(=O)c2ccc(C)cc2)cc1. The van der Waals surface area contributed by atoms with Crippen LogP contribution >= 0.6 is 0 Å². The molecule has 0 aliphatic carbocycles. The molecule has 148 valence electrons. The van der Waals surface area contributed by atoms with E-state index in [0.717, 1.165) is 11.1 Å². The van der Waals surface area contributed by atoms with Gasteiger partial charge in [-0.05, 0) is 58.4 Å². The van der Waals surface area contributed by atoms with E-state index in [-0.39, 0.29) is 9.79 Å². The summed E-state index contributed by atoms with van der Waals surface area (Å²) in [5.41, 5.74) is 1.95. The van der Waals surface area contributed by atoms with Gasteiger partial charge in [0.2, 0.25) is 20.0 Å². The molecular formula is C19H26N2O4S2. The van der Waals surface area contributed by atoms with Gasteiger partial charge in [0.15, 0.2) is 0 Å². The van der Waals surface area contributed by atoms with Crippen LogP contribution in [0.15, 0.2) is 58.3 Å². The molecule has 0 spiro atoms. The highest BCUT2D eigenvalue weighted by molar-refractivity contribution is 7.89. The maximum absolute atomic E-state index is 12.4. The number of aryl methyl sites for hydroxylation is 2. The Kier molecular flexibility index (Phi) is 6.80. The average molecular weight is 411 g/mol. The van der Waals surface area contributed by atoms with Crippen molar-refractivity contribution in [2.24, 2.45) is 0 Å². The van der Waals surface area contributed by atoms with Crippen molar-refractivity contribution in [3.8, 4) is 0 Å². The van der Waals surface area contributed by atoms with Gasteiger partial charge in [-0.25, -0.2) is 26.3 Å². The minimum Gasteiger partial charge on any atom is -0.208 e. The summed E-state index contributed by atoms with van der Waals surface area (Å²) in [4.78, 5) is 0.376. The zero-order valence-electron chi connectivity index (χ0n) is 15.9. The van der Waals surface area contributed by atoms with E-state index in [2.05, 4.69) is 9.44 Å². The van der Waals surface area contributed by atoms with Crippen molar-refractivity contribution in [3.05, 3.63) is 59.7 Å². The van der Waals surface area contributed by atoms with Crippen molar-refractivity contribution in [1.82, 2.24) is 9.44 Å². The van der Waals surface area contributed by atoms with Crippen molar-refractivity contribution >= 4 is 20.0 Å². The summed E-state index contributed by atoms with van der Waals surface area (Å²) in [6, 6.07) is 12.3. The number of rotatable bonds is 8. The summed E-state index contributed by atoms with van der Waals surface area (Å²) in [6.07, 6.45) is 0.316. The van der Waals surface area contributed by atoms with Crippen molar-refractivity contribution in [2.75, 3.05) is 0 Å². The predicted octanol–water partition coefficient (Wildman–Crippen LogP) is 2.73. The third-order valence-corrected chi connectivity index (χ3v) is 7.29. The molecule has 0 fully saturated rings. The molecule has 2 atom stereocenters. The molecule has 27 heavy (non-hydrogen) atoms. The Morgan fingerprint density at radius 2 is 0.963 bits per heavy atom. The second-order valence-electron chi connectivity index (χ2n) is 6.91. The van der Waals surface area contributed by atoms with Crippen LogP contribution in [0.5, 0.6) is 0 Å². The number of hydrogen-bond acceptors (Lipinski definition) is 4. The van der Waals surface area contributed by atoms with Crippen LogP contribution in [0.25, 0.3) is 0 Å². The fourth-order valence-electron chi connectivity index (χ4n) is 2.73. The molecule has 2 rings (SSSR count). The molecule has 8 heteroatoms. The molecule has 2 aromatic carbocycles. The third-order valence-electron chi connectivity index (χ3n) is 4.08. The molecule has 0 saturated carbocycles. The predicted molar refractivity (Wildman–Crippen MR) is 107 cm³/mol. The van der Waals surface area contributed by atoms with Gasteiger partial charge in [0, 0.05) is 12.1 Å². The van der Waals surface area contributed by atoms with Crippen LogP contribution in [0.2, 0.25) is 0 Å². The monoisotopic (exact) mass is 410 g/mol. The molecule has 0 aliphatic rings. The Morgan fingerprint density at radius 1 is 0.667 bits per heavy atom. The molecule has 2 N–H and O–H groups in total.